The molecular formula is C15H22N2O2. The van der Waals surface area contributed by atoms with Crippen LogP contribution >= 0.6 is 0 Å². The van der Waals surface area contributed by atoms with Gasteiger partial charge in [-0.15, -0.1) is 0 Å². The summed E-state index contributed by atoms with van der Waals surface area (Å²) in [5.41, 5.74) is 2.23. The van der Waals surface area contributed by atoms with Crippen LogP contribution in [-0.2, 0) is 16.1 Å². The van der Waals surface area contributed by atoms with E-state index in [9.17, 15) is 9.59 Å². The van der Waals surface area contributed by atoms with E-state index in [1.54, 1.807) is 0 Å². The van der Waals surface area contributed by atoms with Crippen molar-refractivity contribution in [3.05, 3.63) is 35.4 Å². The largest absolute Gasteiger partial charge is 0.350 e. The van der Waals surface area contributed by atoms with E-state index in [1.807, 2.05) is 45.0 Å². The van der Waals surface area contributed by atoms with Gasteiger partial charge in [-0.3, -0.25) is 9.59 Å². The Morgan fingerprint density at radius 3 is 2.42 bits per heavy atom. The van der Waals surface area contributed by atoms with Crippen molar-refractivity contribution in [2.24, 2.45) is 5.92 Å². The van der Waals surface area contributed by atoms with Gasteiger partial charge in [0, 0.05) is 13.0 Å². The van der Waals surface area contributed by atoms with Gasteiger partial charge in [0.1, 0.15) is 0 Å². The zero-order chi connectivity index (χ0) is 14.3. The van der Waals surface area contributed by atoms with Crippen LogP contribution in [0.25, 0.3) is 0 Å². The lowest BCUT2D eigenvalue weighted by molar-refractivity contribution is -0.126. The Kier molecular flexibility index (Phi) is 6.06. The molecule has 104 valence electrons. The molecule has 0 spiro atoms. The third kappa shape index (κ3) is 6.04. The molecule has 2 N–H and O–H groups in total. The molecule has 4 nitrogen and oxygen atoms in total. The number of hydrogen-bond acceptors (Lipinski definition) is 2. The van der Waals surface area contributed by atoms with E-state index in [-0.39, 0.29) is 18.4 Å². The zero-order valence-electron chi connectivity index (χ0n) is 11.8. The van der Waals surface area contributed by atoms with Crippen LogP contribution < -0.4 is 10.6 Å². The van der Waals surface area contributed by atoms with Gasteiger partial charge in [0.25, 0.3) is 0 Å². The minimum absolute atomic E-state index is 0.0391. The average molecular weight is 262 g/mol. The molecule has 0 aliphatic rings. The van der Waals surface area contributed by atoms with E-state index in [1.165, 1.54) is 0 Å². The predicted octanol–water partition coefficient (Wildman–Crippen LogP) is 1.77. The molecule has 0 aliphatic carbocycles. The van der Waals surface area contributed by atoms with Crippen LogP contribution in [-0.4, -0.2) is 18.4 Å². The lowest BCUT2D eigenvalue weighted by atomic mass is 10.1. The molecule has 0 aromatic heterocycles. The van der Waals surface area contributed by atoms with Crippen molar-refractivity contribution in [2.75, 3.05) is 6.54 Å². The molecule has 1 rings (SSSR count). The van der Waals surface area contributed by atoms with E-state index in [2.05, 4.69) is 10.6 Å². The standard InChI is InChI=1S/C15H22N2O2/c1-11(2)8-14(18)17-10-15(19)16-9-13-7-5-4-6-12(13)3/h4-7,11H,8-10H2,1-3H3,(H,16,19)(H,17,18). The Hall–Kier alpha value is -1.84. The fraction of sp³-hybridized carbons (Fsp3) is 0.467. The maximum Gasteiger partial charge on any atom is 0.239 e. The number of aryl methyl sites for hydroxylation is 1. The topological polar surface area (TPSA) is 58.2 Å². The molecule has 0 saturated carbocycles. The van der Waals surface area contributed by atoms with Crippen LogP contribution in [0.5, 0.6) is 0 Å². The Bertz CT molecular complexity index is 442. The fourth-order valence-electron chi connectivity index (χ4n) is 1.69. The summed E-state index contributed by atoms with van der Waals surface area (Å²) in [6, 6.07) is 7.89. The van der Waals surface area contributed by atoms with Gasteiger partial charge in [-0.05, 0) is 24.0 Å². The number of carbonyl (C=O) groups excluding carboxylic acids is 2. The fourth-order valence-corrected chi connectivity index (χ4v) is 1.69. The second kappa shape index (κ2) is 7.56. The van der Waals surface area contributed by atoms with Crippen molar-refractivity contribution in [1.29, 1.82) is 0 Å². The molecule has 0 atom stereocenters. The van der Waals surface area contributed by atoms with E-state index in [0.29, 0.717) is 18.9 Å². The van der Waals surface area contributed by atoms with Crippen LogP contribution in [0.3, 0.4) is 0 Å². The first-order valence-corrected chi connectivity index (χ1v) is 6.57. The van der Waals surface area contributed by atoms with Crippen molar-refractivity contribution >= 4 is 11.8 Å². The zero-order valence-corrected chi connectivity index (χ0v) is 11.8. The summed E-state index contributed by atoms with van der Waals surface area (Å²) < 4.78 is 0. The molecule has 0 unspecified atom stereocenters. The highest BCUT2D eigenvalue weighted by Gasteiger charge is 2.07. The van der Waals surface area contributed by atoms with Crippen molar-refractivity contribution in [3.63, 3.8) is 0 Å². The molecule has 0 radical (unpaired) electrons. The summed E-state index contributed by atoms with van der Waals surface area (Å²) in [5.74, 6) is 0.0523. The second-order valence-corrected chi connectivity index (χ2v) is 5.08. The third-order valence-corrected chi connectivity index (χ3v) is 2.78. The van der Waals surface area contributed by atoms with Gasteiger partial charge in [0.05, 0.1) is 6.54 Å². The van der Waals surface area contributed by atoms with Crippen LogP contribution in [0.15, 0.2) is 24.3 Å². The highest BCUT2D eigenvalue weighted by molar-refractivity contribution is 5.84. The highest BCUT2D eigenvalue weighted by Crippen LogP contribution is 2.05. The second-order valence-electron chi connectivity index (χ2n) is 5.08. The molecule has 0 aliphatic heterocycles. The molecular weight excluding hydrogens is 240 g/mol. The number of carbonyl (C=O) groups is 2. The van der Waals surface area contributed by atoms with Crippen molar-refractivity contribution in [2.45, 2.75) is 33.7 Å². The van der Waals surface area contributed by atoms with Crippen molar-refractivity contribution in [1.82, 2.24) is 10.6 Å². The summed E-state index contributed by atoms with van der Waals surface area (Å²) in [7, 11) is 0. The Balaban J connectivity index is 2.29. The summed E-state index contributed by atoms with van der Waals surface area (Å²) in [6.45, 7) is 6.48. The minimum atomic E-state index is -0.166. The first-order chi connectivity index (χ1) is 8.99. The Labute approximate surface area is 114 Å². The SMILES string of the molecule is Cc1ccccc1CNC(=O)CNC(=O)CC(C)C. The average Bonchev–Trinajstić information content (AvgIpc) is 2.34. The summed E-state index contributed by atoms with van der Waals surface area (Å²) in [4.78, 5) is 23.0. The van der Waals surface area contributed by atoms with E-state index in [0.717, 1.165) is 11.1 Å². The maximum atomic E-state index is 11.6. The quantitative estimate of drug-likeness (QED) is 0.821. The molecule has 1 aromatic rings. The normalized spacial score (nSPS) is 10.3. The lowest BCUT2D eigenvalue weighted by Crippen LogP contribution is -2.37. The van der Waals surface area contributed by atoms with Gasteiger partial charge in [-0.25, -0.2) is 0 Å². The summed E-state index contributed by atoms with van der Waals surface area (Å²) >= 11 is 0. The first kappa shape index (κ1) is 15.2. The molecule has 2 amide bonds. The van der Waals surface area contributed by atoms with Gasteiger partial charge in [0.15, 0.2) is 0 Å². The molecule has 0 saturated heterocycles. The van der Waals surface area contributed by atoms with Gasteiger partial charge >= 0.3 is 0 Å². The number of amides is 2. The molecule has 1 aromatic carbocycles. The Morgan fingerprint density at radius 2 is 1.79 bits per heavy atom. The molecule has 19 heavy (non-hydrogen) atoms. The minimum Gasteiger partial charge on any atom is -0.350 e. The number of nitrogens with one attached hydrogen (secondary N) is 2. The Morgan fingerprint density at radius 1 is 1.11 bits per heavy atom. The van der Waals surface area contributed by atoms with Gasteiger partial charge < -0.3 is 10.6 Å². The monoisotopic (exact) mass is 262 g/mol. The van der Waals surface area contributed by atoms with Crippen molar-refractivity contribution < 1.29 is 9.59 Å². The molecule has 0 bridgehead atoms. The number of benzene rings is 1. The highest BCUT2D eigenvalue weighted by atomic mass is 16.2. The van der Waals surface area contributed by atoms with E-state index >= 15 is 0 Å². The first-order valence-electron chi connectivity index (χ1n) is 6.57. The van der Waals surface area contributed by atoms with E-state index in [4.69, 9.17) is 0 Å². The molecule has 0 heterocycles. The van der Waals surface area contributed by atoms with Gasteiger partial charge in [0.2, 0.25) is 11.8 Å². The van der Waals surface area contributed by atoms with Gasteiger partial charge in [-0.1, -0.05) is 38.1 Å². The van der Waals surface area contributed by atoms with Gasteiger partial charge in [-0.2, -0.15) is 0 Å². The predicted molar refractivity (Wildman–Crippen MR) is 75.5 cm³/mol. The van der Waals surface area contributed by atoms with Crippen molar-refractivity contribution in [3.8, 4) is 0 Å². The number of rotatable bonds is 6. The number of hydrogen-bond donors (Lipinski definition) is 2. The van der Waals surface area contributed by atoms with Crippen LogP contribution in [0.2, 0.25) is 0 Å². The smallest absolute Gasteiger partial charge is 0.239 e. The van der Waals surface area contributed by atoms with Crippen LogP contribution in [0.4, 0.5) is 0 Å². The van der Waals surface area contributed by atoms with Crippen LogP contribution in [0.1, 0.15) is 31.4 Å². The third-order valence-electron chi connectivity index (χ3n) is 2.78. The maximum absolute atomic E-state index is 11.6. The van der Waals surface area contributed by atoms with E-state index < -0.39 is 0 Å². The summed E-state index contributed by atoms with van der Waals surface area (Å²) in [5, 5.41) is 5.41. The molecule has 0 fully saturated rings. The van der Waals surface area contributed by atoms with Crippen LogP contribution in [0, 0.1) is 12.8 Å². The summed E-state index contributed by atoms with van der Waals surface area (Å²) in [6.07, 6.45) is 0.449. The lowest BCUT2D eigenvalue weighted by Gasteiger charge is -2.09. The molecule has 4 heteroatoms.